The van der Waals surface area contributed by atoms with Gasteiger partial charge in [-0.2, -0.15) is 0 Å². The molecule has 2 N–H and O–H groups in total. The van der Waals surface area contributed by atoms with E-state index in [9.17, 15) is 0 Å². The molecule has 0 rings (SSSR count). The molecule has 1 unspecified atom stereocenters. The van der Waals surface area contributed by atoms with Crippen LogP contribution in [-0.2, 0) is 4.74 Å². The van der Waals surface area contributed by atoms with Gasteiger partial charge in [0.2, 0.25) is 0 Å². The molecule has 1 atom stereocenters. The summed E-state index contributed by atoms with van der Waals surface area (Å²) in [6.45, 7) is 6.51. The van der Waals surface area contributed by atoms with Crippen molar-refractivity contribution in [2.24, 2.45) is 0 Å². The van der Waals surface area contributed by atoms with Gasteiger partial charge in [0.25, 0.3) is 0 Å². The third kappa shape index (κ3) is 13.8. The Hall–Kier alpha value is -0.120. The van der Waals surface area contributed by atoms with Gasteiger partial charge in [-0.3, -0.25) is 5.32 Å². The van der Waals surface area contributed by atoms with Crippen LogP contribution in [0.15, 0.2) is 0 Å². The van der Waals surface area contributed by atoms with Gasteiger partial charge in [0, 0.05) is 13.2 Å². The van der Waals surface area contributed by atoms with Crippen molar-refractivity contribution in [1.29, 1.82) is 0 Å². The molecule has 0 heterocycles. The molecule has 0 bridgehead atoms. The minimum Gasteiger partial charge on any atom is -0.396 e. The SMILES string of the molecule is CCCCCCNC(C)OCCCCCCO. The van der Waals surface area contributed by atoms with Crippen LogP contribution in [0.4, 0.5) is 0 Å². The molecule has 0 aliphatic rings. The van der Waals surface area contributed by atoms with Gasteiger partial charge >= 0.3 is 0 Å². The van der Waals surface area contributed by atoms with E-state index in [0.29, 0.717) is 6.61 Å². The lowest BCUT2D eigenvalue weighted by molar-refractivity contribution is 0.0400. The normalized spacial score (nSPS) is 12.9. The first-order valence-corrected chi connectivity index (χ1v) is 7.27. The molecule has 0 saturated heterocycles. The second-order valence-corrected chi connectivity index (χ2v) is 4.67. The van der Waals surface area contributed by atoms with Gasteiger partial charge in [0.05, 0.1) is 0 Å². The predicted octanol–water partition coefficient (Wildman–Crippen LogP) is 3.07. The van der Waals surface area contributed by atoms with Gasteiger partial charge in [0.15, 0.2) is 0 Å². The summed E-state index contributed by atoms with van der Waals surface area (Å²) in [5, 5.41) is 12.0. The summed E-state index contributed by atoms with van der Waals surface area (Å²) < 4.78 is 5.66. The van der Waals surface area contributed by atoms with E-state index in [1.165, 1.54) is 25.7 Å². The molecule has 0 aliphatic carbocycles. The second-order valence-electron chi connectivity index (χ2n) is 4.67. The van der Waals surface area contributed by atoms with E-state index in [4.69, 9.17) is 9.84 Å². The minimum absolute atomic E-state index is 0.175. The summed E-state index contributed by atoms with van der Waals surface area (Å²) in [6.07, 6.45) is 9.65. The summed E-state index contributed by atoms with van der Waals surface area (Å²) in [6, 6.07) is 0. The molecule has 0 fully saturated rings. The highest BCUT2D eigenvalue weighted by molar-refractivity contribution is 4.51. The number of rotatable bonds is 13. The molecule has 0 radical (unpaired) electrons. The lowest BCUT2D eigenvalue weighted by Gasteiger charge is -2.14. The number of aliphatic hydroxyl groups is 1. The lowest BCUT2D eigenvalue weighted by atomic mass is 10.2. The number of aliphatic hydroxyl groups excluding tert-OH is 1. The van der Waals surface area contributed by atoms with Crippen LogP contribution in [0.2, 0.25) is 0 Å². The van der Waals surface area contributed by atoms with Crippen LogP contribution in [-0.4, -0.2) is 31.1 Å². The molecule has 0 spiro atoms. The zero-order valence-electron chi connectivity index (χ0n) is 11.7. The van der Waals surface area contributed by atoms with E-state index in [2.05, 4.69) is 19.2 Å². The van der Waals surface area contributed by atoms with Crippen molar-refractivity contribution in [1.82, 2.24) is 5.32 Å². The van der Waals surface area contributed by atoms with E-state index in [-0.39, 0.29) is 6.23 Å². The van der Waals surface area contributed by atoms with Crippen LogP contribution in [0.25, 0.3) is 0 Å². The Bertz CT molecular complexity index is 142. The van der Waals surface area contributed by atoms with Crippen LogP contribution in [0.3, 0.4) is 0 Å². The van der Waals surface area contributed by atoms with Crippen molar-refractivity contribution in [2.75, 3.05) is 19.8 Å². The Morgan fingerprint density at radius 3 is 2.41 bits per heavy atom. The molecule has 17 heavy (non-hydrogen) atoms. The molecule has 0 aromatic carbocycles. The highest BCUT2D eigenvalue weighted by Crippen LogP contribution is 2.01. The molecule has 3 heteroatoms. The number of nitrogens with one attached hydrogen (secondary N) is 1. The second kappa shape index (κ2) is 13.9. The fraction of sp³-hybridized carbons (Fsp3) is 1.00. The average molecular weight is 245 g/mol. The van der Waals surface area contributed by atoms with Crippen molar-refractivity contribution in [3.05, 3.63) is 0 Å². The van der Waals surface area contributed by atoms with Gasteiger partial charge in [-0.1, -0.05) is 39.0 Å². The van der Waals surface area contributed by atoms with Gasteiger partial charge < -0.3 is 9.84 Å². The molecule has 0 amide bonds. The Labute approximate surface area is 107 Å². The van der Waals surface area contributed by atoms with Crippen molar-refractivity contribution in [2.45, 2.75) is 71.4 Å². The van der Waals surface area contributed by atoms with Gasteiger partial charge in [-0.05, 0) is 32.7 Å². The first-order chi connectivity index (χ1) is 8.31. The fourth-order valence-electron chi connectivity index (χ4n) is 1.74. The molecule has 0 saturated carbocycles. The topological polar surface area (TPSA) is 41.5 Å². The maximum Gasteiger partial charge on any atom is 0.105 e. The smallest absolute Gasteiger partial charge is 0.105 e. The minimum atomic E-state index is 0.175. The monoisotopic (exact) mass is 245 g/mol. The van der Waals surface area contributed by atoms with Gasteiger partial charge in [0.1, 0.15) is 6.23 Å². The lowest BCUT2D eigenvalue weighted by Crippen LogP contribution is -2.29. The fourth-order valence-corrected chi connectivity index (χ4v) is 1.74. The van der Waals surface area contributed by atoms with Crippen molar-refractivity contribution < 1.29 is 9.84 Å². The van der Waals surface area contributed by atoms with Crippen LogP contribution in [0.5, 0.6) is 0 Å². The molecule has 104 valence electrons. The van der Waals surface area contributed by atoms with Crippen molar-refractivity contribution in [3.63, 3.8) is 0 Å². The molecule has 0 aliphatic heterocycles. The summed E-state index contributed by atoms with van der Waals surface area (Å²) in [7, 11) is 0. The zero-order chi connectivity index (χ0) is 12.8. The summed E-state index contributed by atoms with van der Waals surface area (Å²) in [5.74, 6) is 0. The number of unbranched alkanes of at least 4 members (excludes halogenated alkanes) is 6. The molecular formula is C14H31NO2. The van der Waals surface area contributed by atoms with E-state index < -0.39 is 0 Å². The highest BCUT2D eigenvalue weighted by atomic mass is 16.5. The Morgan fingerprint density at radius 1 is 1.00 bits per heavy atom. The average Bonchev–Trinajstić information content (AvgIpc) is 2.33. The molecule has 3 nitrogen and oxygen atoms in total. The summed E-state index contributed by atoms with van der Waals surface area (Å²) >= 11 is 0. The van der Waals surface area contributed by atoms with Crippen molar-refractivity contribution >= 4 is 0 Å². The maximum absolute atomic E-state index is 8.63. The number of hydrogen-bond donors (Lipinski definition) is 2. The molecule has 0 aromatic heterocycles. The van der Waals surface area contributed by atoms with Crippen LogP contribution < -0.4 is 5.32 Å². The zero-order valence-corrected chi connectivity index (χ0v) is 11.7. The first-order valence-electron chi connectivity index (χ1n) is 7.27. The van der Waals surface area contributed by atoms with E-state index in [0.717, 1.165) is 38.8 Å². The first kappa shape index (κ1) is 16.9. The van der Waals surface area contributed by atoms with E-state index >= 15 is 0 Å². The maximum atomic E-state index is 8.63. The van der Waals surface area contributed by atoms with Crippen molar-refractivity contribution in [3.8, 4) is 0 Å². The van der Waals surface area contributed by atoms with E-state index in [1.54, 1.807) is 0 Å². The predicted molar refractivity (Wildman–Crippen MR) is 73.1 cm³/mol. The summed E-state index contributed by atoms with van der Waals surface area (Å²) in [4.78, 5) is 0. The van der Waals surface area contributed by atoms with Crippen LogP contribution in [0, 0.1) is 0 Å². The van der Waals surface area contributed by atoms with E-state index in [1.807, 2.05) is 0 Å². The number of ether oxygens (including phenoxy) is 1. The molecular weight excluding hydrogens is 214 g/mol. The third-order valence-electron chi connectivity index (χ3n) is 2.88. The van der Waals surface area contributed by atoms with Gasteiger partial charge in [-0.15, -0.1) is 0 Å². The molecule has 0 aromatic rings. The van der Waals surface area contributed by atoms with Crippen LogP contribution >= 0.6 is 0 Å². The van der Waals surface area contributed by atoms with Crippen LogP contribution in [0.1, 0.15) is 65.2 Å². The Kier molecular flexibility index (Phi) is 13.8. The summed E-state index contributed by atoms with van der Waals surface area (Å²) in [5.41, 5.74) is 0. The standard InChI is InChI=1S/C14H31NO2/c1-3-4-5-8-11-15-14(2)17-13-10-7-6-9-12-16/h14-16H,3-13H2,1-2H3. The Balaban J connectivity index is 3.09. The quantitative estimate of drug-likeness (QED) is 0.387. The Morgan fingerprint density at radius 2 is 1.71 bits per heavy atom. The highest BCUT2D eigenvalue weighted by Gasteiger charge is 1.99. The van der Waals surface area contributed by atoms with Gasteiger partial charge in [-0.25, -0.2) is 0 Å². The largest absolute Gasteiger partial charge is 0.396 e. The number of hydrogen-bond acceptors (Lipinski definition) is 3. The third-order valence-corrected chi connectivity index (χ3v) is 2.88.